The molecule has 0 aromatic heterocycles. The summed E-state index contributed by atoms with van der Waals surface area (Å²) in [6.07, 6.45) is 6.64. The van der Waals surface area contributed by atoms with Crippen LogP contribution in [0.25, 0.3) is 0 Å². The number of aliphatic hydroxyl groups is 2. The largest absolute Gasteiger partial charge is 0.396 e. The third-order valence-electron chi connectivity index (χ3n) is 4.76. The van der Waals surface area contributed by atoms with Crippen molar-refractivity contribution in [3.8, 4) is 0 Å². The second-order valence-electron chi connectivity index (χ2n) is 5.36. The van der Waals surface area contributed by atoms with E-state index in [1.54, 1.807) is 0 Å². The minimum atomic E-state index is -0.0718. The summed E-state index contributed by atoms with van der Waals surface area (Å²) in [5.41, 5.74) is 0.320. The molecule has 0 aliphatic heterocycles. The number of hydrogen-bond donors (Lipinski definition) is 2. The van der Waals surface area contributed by atoms with Gasteiger partial charge in [0, 0.05) is 6.61 Å². The Balaban J connectivity index is 2.12. The maximum absolute atomic E-state index is 9.97. The van der Waals surface area contributed by atoms with E-state index in [0.29, 0.717) is 23.9 Å². The van der Waals surface area contributed by atoms with Gasteiger partial charge in [-0.15, -0.1) is 0 Å². The maximum Gasteiger partial charge on any atom is 0.0573 e. The Labute approximate surface area is 86.3 Å². The molecule has 82 valence electrons. The van der Waals surface area contributed by atoms with Gasteiger partial charge in [0.05, 0.1) is 6.10 Å². The molecule has 4 atom stereocenters. The van der Waals surface area contributed by atoms with Crippen molar-refractivity contribution in [2.24, 2.45) is 17.3 Å². The minimum absolute atomic E-state index is 0.0718. The van der Waals surface area contributed by atoms with E-state index in [4.69, 9.17) is 5.11 Å². The molecule has 0 heterocycles. The second-order valence-corrected chi connectivity index (χ2v) is 5.36. The van der Waals surface area contributed by atoms with E-state index < -0.39 is 0 Å². The molecule has 2 N–H and O–H groups in total. The molecule has 2 aliphatic carbocycles. The van der Waals surface area contributed by atoms with Crippen molar-refractivity contribution in [3.05, 3.63) is 0 Å². The molecule has 2 aliphatic rings. The van der Waals surface area contributed by atoms with E-state index in [2.05, 4.69) is 6.92 Å². The number of fused-ring (bicyclic) bond motifs is 1. The van der Waals surface area contributed by atoms with Crippen LogP contribution in [0.4, 0.5) is 0 Å². The summed E-state index contributed by atoms with van der Waals surface area (Å²) in [7, 11) is 0. The predicted molar refractivity (Wildman–Crippen MR) is 55.9 cm³/mol. The van der Waals surface area contributed by atoms with Gasteiger partial charge in [0.25, 0.3) is 0 Å². The summed E-state index contributed by atoms with van der Waals surface area (Å²) in [6.45, 7) is 2.64. The molecule has 0 amide bonds. The van der Waals surface area contributed by atoms with Crippen molar-refractivity contribution in [3.63, 3.8) is 0 Å². The lowest BCUT2D eigenvalue weighted by Crippen LogP contribution is -2.39. The van der Waals surface area contributed by atoms with Crippen LogP contribution in [-0.2, 0) is 0 Å². The number of rotatable bonds is 2. The topological polar surface area (TPSA) is 40.5 Å². The Hall–Kier alpha value is -0.0800. The van der Waals surface area contributed by atoms with Crippen LogP contribution < -0.4 is 0 Å². The molecular weight excluding hydrogens is 176 g/mol. The van der Waals surface area contributed by atoms with E-state index >= 15 is 0 Å². The van der Waals surface area contributed by atoms with Crippen LogP contribution in [0.1, 0.15) is 45.4 Å². The minimum Gasteiger partial charge on any atom is -0.396 e. The standard InChI is InChI=1S/C12H22O2/c1-12-7-2-3-11(14)10(12)5-4-9(12)6-8-13/h9-11,13-14H,2-8H2,1H3/t9-,10?,11+,12-/m1/s1. The molecule has 2 heteroatoms. The van der Waals surface area contributed by atoms with Gasteiger partial charge in [-0.05, 0) is 49.4 Å². The molecule has 1 unspecified atom stereocenters. The molecule has 2 nitrogen and oxygen atoms in total. The van der Waals surface area contributed by atoms with Crippen molar-refractivity contribution >= 4 is 0 Å². The molecule has 0 aromatic carbocycles. The van der Waals surface area contributed by atoms with Gasteiger partial charge >= 0.3 is 0 Å². The summed E-state index contributed by atoms with van der Waals surface area (Å²) in [5, 5.41) is 19.0. The van der Waals surface area contributed by atoms with E-state index in [9.17, 15) is 5.11 Å². The molecule has 14 heavy (non-hydrogen) atoms. The van der Waals surface area contributed by atoms with Crippen molar-refractivity contribution in [1.29, 1.82) is 0 Å². The van der Waals surface area contributed by atoms with Gasteiger partial charge < -0.3 is 10.2 Å². The zero-order valence-corrected chi connectivity index (χ0v) is 9.08. The fraction of sp³-hybridized carbons (Fsp3) is 1.00. The Bertz CT molecular complexity index is 204. The fourth-order valence-electron chi connectivity index (χ4n) is 3.89. The number of hydrogen-bond acceptors (Lipinski definition) is 2. The SMILES string of the molecule is C[C@]12CCC[C@H](O)C1CC[C@@H]2CCO. The van der Waals surface area contributed by atoms with Crippen molar-refractivity contribution < 1.29 is 10.2 Å². The summed E-state index contributed by atoms with van der Waals surface area (Å²) >= 11 is 0. The normalized spacial score (nSPS) is 47.8. The Morgan fingerprint density at radius 1 is 1.29 bits per heavy atom. The van der Waals surface area contributed by atoms with Crippen LogP contribution in [0.3, 0.4) is 0 Å². The van der Waals surface area contributed by atoms with Gasteiger partial charge in [-0.3, -0.25) is 0 Å². The molecular formula is C12H22O2. The van der Waals surface area contributed by atoms with Gasteiger partial charge in [0.2, 0.25) is 0 Å². The maximum atomic E-state index is 9.97. The molecule has 0 saturated heterocycles. The first kappa shape index (κ1) is 10.4. The second kappa shape index (κ2) is 3.82. The average molecular weight is 198 g/mol. The first-order valence-electron chi connectivity index (χ1n) is 5.97. The molecule has 2 fully saturated rings. The highest BCUT2D eigenvalue weighted by Gasteiger charge is 2.50. The third kappa shape index (κ3) is 1.49. The molecule has 2 saturated carbocycles. The first-order valence-corrected chi connectivity index (χ1v) is 5.97. The lowest BCUT2D eigenvalue weighted by atomic mass is 9.64. The monoisotopic (exact) mass is 198 g/mol. The molecule has 2 rings (SSSR count). The Kier molecular flexibility index (Phi) is 2.85. The highest BCUT2D eigenvalue weighted by Crippen LogP contribution is 2.56. The van der Waals surface area contributed by atoms with Crippen molar-refractivity contribution in [2.75, 3.05) is 6.61 Å². The molecule has 0 radical (unpaired) electrons. The lowest BCUT2D eigenvalue weighted by molar-refractivity contribution is -0.0207. The lowest BCUT2D eigenvalue weighted by Gasteiger charge is -2.43. The third-order valence-corrected chi connectivity index (χ3v) is 4.76. The van der Waals surface area contributed by atoms with Gasteiger partial charge in [0.1, 0.15) is 0 Å². The summed E-state index contributed by atoms with van der Waals surface area (Å²) in [5.74, 6) is 1.15. The van der Waals surface area contributed by atoms with Crippen LogP contribution >= 0.6 is 0 Å². The van der Waals surface area contributed by atoms with E-state index in [1.807, 2.05) is 0 Å². The van der Waals surface area contributed by atoms with Crippen molar-refractivity contribution in [2.45, 2.75) is 51.6 Å². The Morgan fingerprint density at radius 3 is 2.79 bits per heavy atom. The molecule has 0 bridgehead atoms. The van der Waals surface area contributed by atoms with Crippen LogP contribution in [-0.4, -0.2) is 22.9 Å². The van der Waals surface area contributed by atoms with Crippen molar-refractivity contribution in [1.82, 2.24) is 0 Å². The van der Waals surface area contributed by atoms with Gasteiger partial charge in [0.15, 0.2) is 0 Å². The zero-order valence-electron chi connectivity index (χ0n) is 9.08. The van der Waals surface area contributed by atoms with Crippen LogP contribution in [0.15, 0.2) is 0 Å². The van der Waals surface area contributed by atoms with Crippen LogP contribution in [0.2, 0.25) is 0 Å². The zero-order chi connectivity index (χ0) is 10.2. The fourth-order valence-corrected chi connectivity index (χ4v) is 3.89. The van der Waals surface area contributed by atoms with E-state index in [1.165, 1.54) is 19.3 Å². The van der Waals surface area contributed by atoms with Gasteiger partial charge in [-0.1, -0.05) is 13.3 Å². The predicted octanol–water partition coefficient (Wildman–Crippen LogP) is 1.95. The summed E-state index contributed by atoms with van der Waals surface area (Å²) in [4.78, 5) is 0. The molecule has 0 aromatic rings. The van der Waals surface area contributed by atoms with Crippen LogP contribution in [0, 0.1) is 17.3 Å². The van der Waals surface area contributed by atoms with Gasteiger partial charge in [-0.25, -0.2) is 0 Å². The average Bonchev–Trinajstić information content (AvgIpc) is 2.46. The quantitative estimate of drug-likeness (QED) is 0.712. The van der Waals surface area contributed by atoms with Gasteiger partial charge in [-0.2, -0.15) is 0 Å². The van der Waals surface area contributed by atoms with E-state index in [0.717, 1.165) is 19.3 Å². The summed E-state index contributed by atoms with van der Waals surface area (Å²) in [6, 6.07) is 0. The Morgan fingerprint density at radius 2 is 2.07 bits per heavy atom. The smallest absolute Gasteiger partial charge is 0.0573 e. The highest BCUT2D eigenvalue weighted by atomic mass is 16.3. The molecule has 0 spiro atoms. The highest BCUT2D eigenvalue weighted by molar-refractivity contribution is 5.00. The van der Waals surface area contributed by atoms with Crippen LogP contribution in [0.5, 0.6) is 0 Å². The summed E-state index contributed by atoms with van der Waals surface area (Å²) < 4.78 is 0. The number of aliphatic hydroxyl groups excluding tert-OH is 2. The van der Waals surface area contributed by atoms with E-state index in [-0.39, 0.29) is 6.10 Å². The first-order chi connectivity index (χ1) is 6.68.